The van der Waals surface area contributed by atoms with E-state index < -0.39 is 23.5 Å². The Kier molecular flexibility index (Phi) is 7.37. The molecule has 0 saturated heterocycles. The molecule has 7 heteroatoms. The van der Waals surface area contributed by atoms with Crippen LogP contribution < -0.4 is 5.32 Å². The van der Waals surface area contributed by atoms with E-state index in [1.54, 1.807) is 0 Å². The highest BCUT2D eigenvalue weighted by atomic mass is 16.6. The lowest BCUT2D eigenvalue weighted by Crippen LogP contribution is -2.54. The van der Waals surface area contributed by atoms with Crippen LogP contribution in [0.5, 0.6) is 0 Å². The lowest BCUT2D eigenvalue weighted by Gasteiger charge is -2.58. The number of terminal acetylenes is 1. The summed E-state index contributed by atoms with van der Waals surface area (Å²) in [6.07, 6.45) is 15.8. The van der Waals surface area contributed by atoms with E-state index in [9.17, 15) is 19.8 Å². The Morgan fingerprint density at radius 2 is 1.87 bits per heavy atom. The second-order valence-electron chi connectivity index (χ2n) is 12.5. The third-order valence-electron chi connectivity index (χ3n) is 10.7. The summed E-state index contributed by atoms with van der Waals surface area (Å²) in [7, 11) is 0. The van der Waals surface area contributed by atoms with Gasteiger partial charge in [0, 0.05) is 11.8 Å². The number of aliphatic carboxylic acids is 1. The molecule has 3 fully saturated rings. The standard InChI is InChI=1S/C32H40N2O5/c1-4-32(38)17-14-26-24-11-10-22-19-23(12-15-30(22,2)25(24)13-16-31(26,32)3)34-39-20-28(35)33-27(29(36)37)18-21-8-6-5-7-9-21/h1,5-9,19,24-27,38H,10-18,20H2,2-3H3,(H,33,35)(H,36,37)/b34-23+/t24-,25-,26-,27+,30+,31+,32-/m1/s1. The quantitative estimate of drug-likeness (QED) is 0.354. The van der Waals surface area contributed by atoms with Gasteiger partial charge < -0.3 is 20.4 Å². The monoisotopic (exact) mass is 532 g/mol. The number of aliphatic hydroxyl groups is 1. The molecule has 39 heavy (non-hydrogen) atoms. The first-order valence-corrected chi connectivity index (χ1v) is 14.3. The Labute approximate surface area is 231 Å². The van der Waals surface area contributed by atoms with Crippen LogP contribution in [0, 0.1) is 40.9 Å². The van der Waals surface area contributed by atoms with E-state index in [2.05, 4.69) is 36.3 Å². The molecule has 0 bridgehead atoms. The first kappa shape index (κ1) is 27.5. The Morgan fingerprint density at radius 1 is 1.13 bits per heavy atom. The molecule has 5 rings (SSSR count). The van der Waals surface area contributed by atoms with Crippen LogP contribution in [0.2, 0.25) is 0 Å². The molecule has 0 aliphatic heterocycles. The molecule has 0 unspecified atom stereocenters. The van der Waals surface area contributed by atoms with Gasteiger partial charge >= 0.3 is 5.97 Å². The molecule has 4 aliphatic rings. The first-order chi connectivity index (χ1) is 18.6. The highest BCUT2D eigenvalue weighted by Crippen LogP contribution is 2.67. The van der Waals surface area contributed by atoms with Crippen LogP contribution in [0.25, 0.3) is 0 Å². The second-order valence-corrected chi connectivity index (χ2v) is 12.5. The number of carbonyl (C=O) groups excluding carboxylic acids is 1. The van der Waals surface area contributed by atoms with Crippen LogP contribution in [-0.2, 0) is 20.8 Å². The molecule has 7 nitrogen and oxygen atoms in total. The van der Waals surface area contributed by atoms with E-state index in [1.165, 1.54) is 5.57 Å². The summed E-state index contributed by atoms with van der Waals surface area (Å²) in [5, 5.41) is 27.5. The van der Waals surface area contributed by atoms with Crippen molar-refractivity contribution in [1.82, 2.24) is 5.32 Å². The van der Waals surface area contributed by atoms with E-state index in [0.29, 0.717) is 24.2 Å². The average molecular weight is 533 g/mol. The number of carboxylic acid groups (broad SMARTS) is 1. The summed E-state index contributed by atoms with van der Waals surface area (Å²) in [6, 6.07) is 8.17. The summed E-state index contributed by atoms with van der Waals surface area (Å²) in [5.41, 5.74) is 1.99. The molecule has 1 aromatic rings. The van der Waals surface area contributed by atoms with Gasteiger partial charge in [0.1, 0.15) is 11.6 Å². The van der Waals surface area contributed by atoms with Crippen LogP contribution in [0.4, 0.5) is 0 Å². The number of nitrogens with zero attached hydrogens (tertiary/aromatic N) is 1. The van der Waals surface area contributed by atoms with Crippen LogP contribution in [0.15, 0.2) is 47.1 Å². The Hall–Kier alpha value is -3.11. The summed E-state index contributed by atoms with van der Waals surface area (Å²) in [4.78, 5) is 29.4. The first-order valence-electron chi connectivity index (χ1n) is 14.3. The summed E-state index contributed by atoms with van der Waals surface area (Å²) in [6.45, 7) is 4.28. The fourth-order valence-corrected chi connectivity index (χ4v) is 8.36. The predicted octanol–water partition coefficient (Wildman–Crippen LogP) is 4.50. The zero-order valence-electron chi connectivity index (χ0n) is 23.0. The smallest absolute Gasteiger partial charge is 0.326 e. The zero-order valence-corrected chi connectivity index (χ0v) is 23.0. The van der Waals surface area contributed by atoms with Gasteiger partial charge in [-0.15, -0.1) is 6.42 Å². The Bertz CT molecular complexity index is 1220. The molecule has 0 radical (unpaired) electrons. The number of nitrogens with one attached hydrogen (secondary N) is 1. The summed E-state index contributed by atoms with van der Waals surface area (Å²) in [5.74, 6) is 2.77. The molecule has 0 spiro atoms. The molecule has 0 heterocycles. The highest BCUT2D eigenvalue weighted by Gasteiger charge is 2.63. The Balaban J connectivity index is 1.20. The summed E-state index contributed by atoms with van der Waals surface area (Å²) >= 11 is 0. The maximum atomic E-state index is 12.4. The van der Waals surface area contributed by atoms with E-state index in [0.717, 1.165) is 56.2 Å². The molecular formula is C32H40N2O5. The van der Waals surface area contributed by atoms with Gasteiger partial charge in [0.05, 0.1) is 5.71 Å². The van der Waals surface area contributed by atoms with Crippen molar-refractivity contribution in [3.05, 3.63) is 47.5 Å². The largest absolute Gasteiger partial charge is 0.480 e. The van der Waals surface area contributed by atoms with Crippen LogP contribution in [-0.4, -0.2) is 46.1 Å². The second kappa shape index (κ2) is 10.5. The molecule has 208 valence electrons. The minimum atomic E-state index is -1.09. The lowest BCUT2D eigenvalue weighted by molar-refractivity contribution is -0.142. The molecule has 7 atom stereocenters. The van der Waals surface area contributed by atoms with Gasteiger partial charge in [0.25, 0.3) is 5.91 Å². The molecule has 3 N–H and O–H groups in total. The van der Waals surface area contributed by atoms with Gasteiger partial charge in [0.2, 0.25) is 0 Å². The van der Waals surface area contributed by atoms with Crippen molar-refractivity contribution >= 4 is 17.6 Å². The number of carboxylic acids is 1. The number of benzene rings is 1. The maximum absolute atomic E-state index is 12.4. The van der Waals surface area contributed by atoms with Gasteiger partial charge in [-0.1, -0.05) is 60.8 Å². The number of amides is 1. The van der Waals surface area contributed by atoms with Gasteiger partial charge in [0.15, 0.2) is 6.61 Å². The van der Waals surface area contributed by atoms with Gasteiger partial charge in [-0.05, 0) is 86.2 Å². The average Bonchev–Trinajstić information content (AvgIpc) is 3.20. The Morgan fingerprint density at radius 3 is 2.59 bits per heavy atom. The number of oxime groups is 1. The van der Waals surface area contributed by atoms with Crippen molar-refractivity contribution in [1.29, 1.82) is 0 Å². The molecule has 1 aromatic carbocycles. The minimum absolute atomic E-state index is 0.101. The lowest BCUT2D eigenvalue weighted by atomic mass is 9.46. The van der Waals surface area contributed by atoms with Crippen molar-refractivity contribution < 1.29 is 24.6 Å². The highest BCUT2D eigenvalue weighted by molar-refractivity contribution is 5.96. The van der Waals surface area contributed by atoms with Crippen LogP contribution >= 0.6 is 0 Å². The van der Waals surface area contributed by atoms with Crippen molar-refractivity contribution in [2.24, 2.45) is 33.7 Å². The van der Waals surface area contributed by atoms with Crippen molar-refractivity contribution in [3.8, 4) is 12.3 Å². The third kappa shape index (κ3) is 4.89. The van der Waals surface area contributed by atoms with Gasteiger partial charge in [-0.3, -0.25) is 4.79 Å². The number of allylic oxidation sites excluding steroid dienone is 2. The van der Waals surface area contributed by atoms with E-state index >= 15 is 0 Å². The number of hydrogen-bond donors (Lipinski definition) is 3. The number of fused-ring (bicyclic) bond motifs is 5. The van der Waals surface area contributed by atoms with E-state index in [-0.39, 0.29) is 23.9 Å². The summed E-state index contributed by atoms with van der Waals surface area (Å²) < 4.78 is 0. The zero-order chi connectivity index (χ0) is 27.8. The number of carbonyl (C=O) groups is 2. The number of hydrogen-bond acceptors (Lipinski definition) is 5. The fourth-order valence-electron chi connectivity index (χ4n) is 8.36. The molecular weight excluding hydrogens is 492 g/mol. The molecule has 4 aliphatic carbocycles. The van der Waals surface area contributed by atoms with E-state index in [4.69, 9.17) is 11.3 Å². The van der Waals surface area contributed by atoms with Crippen molar-refractivity contribution in [2.75, 3.05) is 6.61 Å². The number of rotatable bonds is 7. The predicted molar refractivity (Wildman–Crippen MR) is 149 cm³/mol. The normalized spacial score (nSPS) is 36.9. The topological polar surface area (TPSA) is 108 Å². The molecule has 0 aromatic heterocycles. The fraction of sp³-hybridized carbons (Fsp3) is 0.594. The molecule has 3 saturated carbocycles. The van der Waals surface area contributed by atoms with Gasteiger partial charge in [-0.2, -0.15) is 0 Å². The SMILES string of the molecule is C#C[C@@]1(O)CC[C@@H]2[C@@H]3CCC4=C/C(=N/OCC(=O)N[C@@H](Cc5ccccc5)C(=O)O)CC[C@]4(C)[C@@H]3CC[C@@]21C. The molecule has 1 amide bonds. The minimum Gasteiger partial charge on any atom is -0.480 e. The third-order valence-corrected chi connectivity index (χ3v) is 10.7. The maximum Gasteiger partial charge on any atom is 0.326 e. The van der Waals surface area contributed by atoms with Crippen LogP contribution in [0.3, 0.4) is 0 Å². The van der Waals surface area contributed by atoms with Crippen molar-refractivity contribution in [2.45, 2.75) is 83.3 Å². The van der Waals surface area contributed by atoms with Gasteiger partial charge in [-0.25, -0.2) is 4.79 Å². The van der Waals surface area contributed by atoms with Crippen molar-refractivity contribution in [3.63, 3.8) is 0 Å². The van der Waals surface area contributed by atoms with E-state index in [1.807, 2.05) is 30.3 Å². The van der Waals surface area contributed by atoms with Crippen LogP contribution in [0.1, 0.15) is 70.8 Å².